The summed E-state index contributed by atoms with van der Waals surface area (Å²) in [6, 6.07) is 0. The molecule has 0 aromatic carbocycles. The summed E-state index contributed by atoms with van der Waals surface area (Å²) in [5.41, 5.74) is 0.585. The Kier molecular flexibility index (Phi) is 6.39. The van der Waals surface area contributed by atoms with Gasteiger partial charge in [0.15, 0.2) is 5.78 Å². The van der Waals surface area contributed by atoms with Crippen molar-refractivity contribution in [2.45, 2.75) is 19.9 Å². The molecule has 0 bridgehead atoms. The van der Waals surface area contributed by atoms with Crippen molar-refractivity contribution >= 4 is 21.7 Å². The minimum atomic E-state index is 0.0268. The van der Waals surface area contributed by atoms with E-state index in [4.69, 9.17) is 9.47 Å². The lowest BCUT2D eigenvalue weighted by Gasteiger charge is -2.06. The van der Waals surface area contributed by atoms with Crippen LogP contribution in [0.25, 0.3) is 0 Å². The summed E-state index contributed by atoms with van der Waals surface area (Å²) in [5.74, 6) is 0.0268. The zero-order valence-corrected chi connectivity index (χ0v) is 11.7. The molecule has 0 aliphatic carbocycles. The number of carbonyl (C=O) groups excluding carboxylic acids is 1. The maximum atomic E-state index is 12.0. The van der Waals surface area contributed by atoms with Crippen LogP contribution in [0.2, 0.25) is 0 Å². The van der Waals surface area contributed by atoms with Crippen LogP contribution < -0.4 is 0 Å². The predicted molar refractivity (Wildman–Crippen MR) is 67.2 cm³/mol. The SMILES string of the molecule is CCOCCC(=O)c1c(Br)cnn1CCOC. The second-order valence-electron chi connectivity index (χ2n) is 3.43. The van der Waals surface area contributed by atoms with Crippen LogP contribution in [0.3, 0.4) is 0 Å². The van der Waals surface area contributed by atoms with Crippen molar-refractivity contribution in [1.29, 1.82) is 0 Å². The quantitative estimate of drug-likeness (QED) is 0.544. The van der Waals surface area contributed by atoms with Crippen LogP contribution in [0.5, 0.6) is 0 Å². The van der Waals surface area contributed by atoms with Crippen molar-refractivity contribution in [3.63, 3.8) is 0 Å². The molecular formula is C11H17BrN2O3. The highest BCUT2D eigenvalue weighted by Gasteiger charge is 2.16. The van der Waals surface area contributed by atoms with Crippen molar-refractivity contribution < 1.29 is 14.3 Å². The van der Waals surface area contributed by atoms with E-state index in [1.54, 1.807) is 18.0 Å². The predicted octanol–water partition coefficient (Wildman–Crippen LogP) is 1.90. The fraction of sp³-hybridized carbons (Fsp3) is 0.636. The lowest BCUT2D eigenvalue weighted by Crippen LogP contribution is -2.15. The van der Waals surface area contributed by atoms with Gasteiger partial charge in [-0.25, -0.2) is 0 Å². The van der Waals surface area contributed by atoms with E-state index < -0.39 is 0 Å². The zero-order valence-electron chi connectivity index (χ0n) is 10.1. The van der Waals surface area contributed by atoms with E-state index in [1.807, 2.05) is 6.92 Å². The lowest BCUT2D eigenvalue weighted by atomic mass is 10.2. The number of rotatable bonds is 8. The van der Waals surface area contributed by atoms with E-state index in [0.717, 1.165) is 4.47 Å². The first-order chi connectivity index (χ1) is 8.20. The van der Waals surface area contributed by atoms with Crippen LogP contribution in [0, 0.1) is 0 Å². The molecule has 1 heterocycles. The molecule has 1 rings (SSSR count). The van der Waals surface area contributed by atoms with Gasteiger partial charge in [0, 0.05) is 20.1 Å². The molecule has 1 aromatic rings. The number of Topliss-reactive ketones (excluding diaryl/α,β-unsaturated/α-hetero) is 1. The van der Waals surface area contributed by atoms with Gasteiger partial charge < -0.3 is 9.47 Å². The number of ketones is 1. The molecule has 5 nitrogen and oxygen atoms in total. The third kappa shape index (κ3) is 4.22. The molecule has 0 aliphatic rings. The number of aromatic nitrogens is 2. The van der Waals surface area contributed by atoms with Gasteiger partial charge in [0.2, 0.25) is 0 Å². The number of methoxy groups -OCH3 is 1. The van der Waals surface area contributed by atoms with E-state index in [2.05, 4.69) is 21.0 Å². The largest absolute Gasteiger partial charge is 0.383 e. The van der Waals surface area contributed by atoms with Crippen LogP contribution in [0.1, 0.15) is 23.8 Å². The summed E-state index contributed by atoms with van der Waals surface area (Å²) in [5, 5.41) is 4.13. The smallest absolute Gasteiger partial charge is 0.184 e. The third-order valence-corrected chi connectivity index (χ3v) is 2.82. The fourth-order valence-electron chi connectivity index (χ4n) is 1.41. The lowest BCUT2D eigenvalue weighted by molar-refractivity contribution is 0.0882. The molecule has 0 atom stereocenters. The minimum absolute atomic E-state index is 0.0268. The van der Waals surface area contributed by atoms with Gasteiger partial charge in [-0.3, -0.25) is 9.48 Å². The Morgan fingerprint density at radius 1 is 1.53 bits per heavy atom. The highest BCUT2D eigenvalue weighted by molar-refractivity contribution is 9.10. The molecule has 0 saturated carbocycles. The summed E-state index contributed by atoms with van der Waals surface area (Å²) in [7, 11) is 1.62. The van der Waals surface area contributed by atoms with E-state index in [-0.39, 0.29) is 5.78 Å². The summed E-state index contributed by atoms with van der Waals surface area (Å²) >= 11 is 3.33. The summed E-state index contributed by atoms with van der Waals surface area (Å²) in [4.78, 5) is 12.0. The Labute approximate surface area is 109 Å². The molecule has 17 heavy (non-hydrogen) atoms. The van der Waals surface area contributed by atoms with Crippen molar-refractivity contribution in [2.24, 2.45) is 0 Å². The fourth-order valence-corrected chi connectivity index (χ4v) is 1.93. The van der Waals surface area contributed by atoms with Gasteiger partial charge in [0.25, 0.3) is 0 Å². The minimum Gasteiger partial charge on any atom is -0.383 e. The number of ether oxygens (including phenoxy) is 2. The molecule has 96 valence electrons. The second kappa shape index (κ2) is 7.58. The standard InChI is InChI=1S/C11H17BrN2O3/c1-3-17-6-4-10(15)11-9(12)8-13-14(11)5-7-16-2/h8H,3-7H2,1-2H3. The Hall–Kier alpha value is -0.720. The van der Waals surface area contributed by atoms with Crippen LogP contribution in [0.4, 0.5) is 0 Å². The van der Waals surface area contributed by atoms with Crippen LogP contribution in [-0.2, 0) is 16.0 Å². The first kappa shape index (κ1) is 14.3. The van der Waals surface area contributed by atoms with Gasteiger partial charge in [0.05, 0.1) is 30.4 Å². The number of hydrogen-bond donors (Lipinski definition) is 0. The first-order valence-electron chi connectivity index (χ1n) is 5.51. The molecule has 0 spiro atoms. The molecule has 6 heteroatoms. The average Bonchev–Trinajstić information content (AvgIpc) is 2.68. The van der Waals surface area contributed by atoms with E-state index in [9.17, 15) is 4.79 Å². The molecule has 1 aromatic heterocycles. The Morgan fingerprint density at radius 2 is 2.29 bits per heavy atom. The molecular weight excluding hydrogens is 288 g/mol. The third-order valence-electron chi connectivity index (χ3n) is 2.24. The van der Waals surface area contributed by atoms with Gasteiger partial charge in [0.1, 0.15) is 5.69 Å². The molecule has 0 saturated heterocycles. The Balaban J connectivity index is 2.66. The van der Waals surface area contributed by atoms with Gasteiger partial charge in [-0.05, 0) is 22.9 Å². The monoisotopic (exact) mass is 304 g/mol. The molecule has 0 aliphatic heterocycles. The number of hydrogen-bond acceptors (Lipinski definition) is 4. The summed E-state index contributed by atoms with van der Waals surface area (Å²) < 4.78 is 12.5. The van der Waals surface area contributed by atoms with Crippen molar-refractivity contribution in [2.75, 3.05) is 26.9 Å². The molecule has 0 amide bonds. The number of nitrogens with zero attached hydrogens (tertiary/aromatic N) is 2. The van der Waals surface area contributed by atoms with Crippen molar-refractivity contribution in [3.05, 3.63) is 16.4 Å². The number of carbonyl (C=O) groups is 1. The van der Waals surface area contributed by atoms with Gasteiger partial charge in [-0.2, -0.15) is 5.10 Å². The van der Waals surface area contributed by atoms with E-state index in [1.165, 1.54) is 0 Å². The second-order valence-corrected chi connectivity index (χ2v) is 4.28. The maximum Gasteiger partial charge on any atom is 0.184 e. The maximum absolute atomic E-state index is 12.0. The number of halogens is 1. The van der Waals surface area contributed by atoms with Crippen molar-refractivity contribution in [3.8, 4) is 0 Å². The summed E-state index contributed by atoms with van der Waals surface area (Å²) in [6.45, 7) is 4.06. The molecule has 0 unspecified atom stereocenters. The normalized spacial score (nSPS) is 10.8. The average molecular weight is 305 g/mol. The van der Waals surface area contributed by atoms with Crippen LogP contribution in [0.15, 0.2) is 10.7 Å². The highest BCUT2D eigenvalue weighted by Crippen LogP contribution is 2.17. The van der Waals surface area contributed by atoms with Gasteiger partial charge >= 0.3 is 0 Å². The summed E-state index contributed by atoms with van der Waals surface area (Å²) in [6.07, 6.45) is 1.99. The molecule has 0 N–H and O–H groups in total. The first-order valence-corrected chi connectivity index (χ1v) is 6.31. The topological polar surface area (TPSA) is 53.3 Å². The van der Waals surface area contributed by atoms with Crippen molar-refractivity contribution in [1.82, 2.24) is 9.78 Å². The molecule has 0 fully saturated rings. The Morgan fingerprint density at radius 3 is 2.94 bits per heavy atom. The highest BCUT2D eigenvalue weighted by atomic mass is 79.9. The van der Waals surface area contributed by atoms with E-state index >= 15 is 0 Å². The molecule has 0 radical (unpaired) electrons. The van der Waals surface area contributed by atoms with Gasteiger partial charge in [-0.15, -0.1) is 0 Å². The van der Waals surface area contributed by atoms with E-state index in [0.29, 0.717) is 38.5 Å². The van der Waals surface area contributed by atoms with Crippen LogP contribution >= 0.6 is 15.9 Å². The zero-order chi connectivity index (χ0) is 12.7. The Bertz CT molecular complexity index is 366. The van der Waals surface area contributed by atoms with Gasteiger partial charge in [-0.1, -0.05) is 0 Å². The van der Waals surface area contributed by atoms with Crippen LogP contribution in [-0.4, -0.2) is 42.5 Å².